The topological polar surface area (TPSA) is 26.3 Å². The van der Waals surface area contributed by atoms with Gasteiger partial charge in [0.2, 0.25) is 0 Å². The molecule has 2 rings (SSSR count). The summed E-state index contributed by atoms with van der Waals surface area (Å²) in [6.07, 6.45) is 0.783. The van der Waals surface area contributed by atoms with E-state index in [2.05, 4.69) is 36.4 Å². The lowest BCUT2D eigenvalue weighted by molar-refractivity contribution is -0.0712. The Morgan fingerprint density at radius 3 is 2.22 bits per heavy atom. The molecule has 18 heavy (non-hydrogen) atoms. The maximum absolute atomic E-state index is 12.6. The van der Waals surface area contributed by atoms with E-state index in [9.17, 15) is 4.79 Å². The number of halogens is 1. The Hall–Kier alpha value is -0.420. The molecule has 2 nitrogen and oxygen atoms in total. The summed E-state index contributed by atoms with van der Waals surface area (Å²) in [6.45, 7) is 8.12. The van der Waals surface area contributed by atoms with Crippen LogP contribution in [-0.4, -0.2) is 17.0 Å². The minimum Gasteiger partial charge on any atom is -0.369 e. The van der Waals surface area contributed by atoms with Crippen LogP contribution in [0.1, 0.15) is 44.5 Å². The fourth-order valence-electron chi connectivity index (χ4n) is 2.79. The van der Waals surface area contributed by atoms with Crippen LogP contribution >= 0.6 is 22.6 Å². The van der Waals surface area contributed by atoms with Crippen molar-refractivity contribution in [2.24, 2.45) is 5.92 Å². The number of ketones is 1. The highest BCUT2D eigenvalue weighted by Crippen LogP contribution is 2.43. The van der Waals surface area contributed by atoms with Crippen molar-refractivity contribution in [2.45, 2.75) is 45.3 Å². The van der Waals surface area contributed by atoms with E-state index in [1.165, 1.54) is 0 Å². The van der Waals surface area contributed by atoms with Gasteiger partial charge in [-0.05, 0) is 68.8 Å². The van der Waals surface area contributed by atoms with Crippen LogP contribution in [0, 0.1) is 9.49 Å². The quantitative estimate of drug-likeness (QED) is 0.589. The zero-order valence-electron chi connectivity index (χ0n) is 11.3. The third-order valence-corrected chi connectivity index (χ3v) is 4.24. The van der Waals surface area contributed by atoms with Crippen molar-refractivity contribution in [3.05, 3.63) is 33.4 Å². The summed E-state index contributed by atoms with van der Waals surface area (Å²) in [6, 6.07) is 7.76. The van der Waals surface area contributed by atoms with Gasteiger partial charge in [0.15, 0.2) is 5.78 Å². The van der Waals surface area contributed by atoms with E-state index in [4.69, 9.17) is 4.74 Å². The first-order chi connectivity index (χ1) is 8.21. The number of Topliss-reactive ketones (excluding diaryl/α,β-unsaturated/α-hetero) is 1. The molecule has 0 saturated carbocycles. The van der Waals surface area contributed by atoms with E-state index >= 15 is 0 Å². The van der Waals surface area contributed by atoms with Crippen molar-refractivity contribution in [1.82, 2.24) is 0 Å². The van der Waals surface area contributed by atoms with Crippen LogP contribution in [-0.2, 0) is 4.74 Å². The maximum Gasteiger partial charge on any atom is 0.168 e. The van der Waals surface area contributed by atoms with Gasteiger partial charge in [0.1, 0.15) is 0 Å². The van der Waals surface area contributed by atoms with Crippen molar-refractivity contribution in [2.75, 3.05) is 0 Å². The molecular weight excluding hydrogens is 339 g/mol. The summed E-state index contributed by atoms with van der Waals surface area (Å²) in [5.41, 5.74) is 0.186. The molecule has 0 aromatic heterocycles. The van der Waals surface area contributed by atoms with Crippen molar-refractivity contribution < 1.29 is 9.53 Å². The van der Waals surface area contributed by atoms with Gasteiger partial charge in [-0.2, -0.15) is 0 Å². The molecule has 1 aromatic rings. The monoisotopic (exact) mass is 358 g/mol. The zero-order chi connectivity index (χ0) is 13.6. The molecule has 1 aliphatic rings. The summed E-state index contributed by atoms with van der Waals surface area (Å²) in [4.78, 5) is 12.6. The second kappa shape index (κ2) is 4.60. The molecule has 3 heteroatoms. The van der Waals surface area contributed by atoms with E-state index in [1.807, 2.05) is 38.1 Å². The summed E-state index contributed by atoms with van der Waals surface area (Å²) >= 11 is 2.24. The molecule has 0 radical (unpaired) electrons. The lowest BCUT2D eigenvalue weighted by atomic mass is 9.82. The second-order valence-electron chi connectivity index (χ2n) is 6.09. The number of carbonyl (C=O) groups excluding carboxylic acids is 1. The molecule has 1 fully saturated rings. The normalized spacial score (nSPS) is 25.1. The van der Waals surface area contributed by atoms with Gasteiger partial charge in [0, 0.05) is 9.13 Å². The smallest absolute Gasteiger partial charge is 0.168 e. The average molecular weight is 358 g/mol. The highest BCUT2D eigenvalue weighted by molar-refractivity contribution is 14.1. The van der Waals surface area contributed by atoms with Gasteiger partial charge in [-0.3, -0.25) is 4.79 Å². The summed E-state index contributed by atoms with van der Waals surface area (Å²) in [5, 5.41) is 0. The number of ether oxygens (including phenoxy) is 1. The van der Waals surface area contributed by atoms with Crippen LogP contribution in [0.5, 0.6) is 0 Å². The van der Waals surface area contributed by atoms with E-state index in [0.717, 1.165) is 15.6 Å². The Morgan fingerprint density at radius 1 is 1.22 bits per heavy atom. The fraction of sp³-hybridized carbons (Fsp3) is 0.533. The number of hydrogen-bond donors (Lipinski definition) is 0. The molecule has 1 unspecified atom stereocenters. The van der Waals surface area contributed by atoms with Gasteiger partial charge in [-0.1, -0.05) is 12.1 Å². The third kappa shape index (κ3) is 2.77. The van der Waals surface area contributed by atoms with Crippen molar-refractivity contribution in [3.8, 4) is 0 Å². The molecule has 1 aromatic carbocycles. The van der Waals surface area contributed by atoms with Crippen molar-refractivity contribution >= 4 is 28.4 Å². The van der Waals surface area contributed by atoms with Crippen LogP contribution in [0.3, 0.4) is 0 Å². The second-order valence-corrected chi connectivity index (χ2v) is 7.34. The van der Waals surface area contributed by atoms with Gasteiger partial charge in [0.25, 0.3) is 0 Å². The lowest BCUT2D eigenvalue weighted by Gasteiger charge is -2.26. The molecule has 1 saturated heterocycles. The first kappa shape index (κ1) is 14.0. The Morgan fingerprint density at radius 2 is 1.78 bits per heavy atom. The highest BCUT2D eigenvalue weighted by Gasteiger charge is 2.49. The van der Waals surface area contributed by atoms with Gasteiger partial charge >= 0.3 is 0 Å². The number of carbonyl (C=O) groups is 1. The van der Waals surface area contributed by atoms with Crippen LogP contribution in [0.25, 0.3) is 0 Å². The van der Waals surface area contributed by atoms with Gasteiger partial charge in [-0.15, -0.1) is 0 Å². The predicted molar refractivity (Wildman–Crippen MR) is 80.8 cm³/mol. The SMILES string of the molecule is CC1(C)CC(C(=O)c2ccc(I)cc2)C(C)(C)O1. The first-order valence-electron chi connectivity index (χ1n) is 6.21. The van der Waals surface area contributed by atoms with Crippen LogP contribution in [0.4, 0.5) is 0 Å². The predicted octanol–water partition coefficient (Wildman–Crippen LogP) is 4.07. The number of rotatable bonds is 2. The zero-order valence-corrected chi connectivity index (χ0v) is 13.4. The number of benzene rings is 1. The molecule has 0 aliphatic carbocycles. The number of hydrogen-bond acceptors (Lipinski definition) is 2. The third-order valence-electron chi connectivity index (χ3n) is 3.52. The molecule has 0 spiro atoms. The molecule has 1 heterocycles. The Bertz CT molecular complexity index is 460. The Kier molecular flexibility index (Phi) is 3.58. The van der Waals surface area contributed by atoms with E-state index in [-0.39, 0.29) is 22.9 Å². The standard InChI is InChI=1S/C15H19IO2/c1-14(2)9-12(15(3,4)18-14)13(17)10-5-7-11(16)8-6-10/h5-8,12H,9H2,1-4H3. The van der Waals surface area contributed by atoms with Crippen molar-refractivity contribution in [3.63, 3.8) is 0 Å². The molecule has 1 atom stereocenters. The fourth-order valence-corrected chi connectivity index (χ4v) is 3.15. The van der Waals surface area contributed by atoms with Crippen LogP contribution < -0.4 is 0 Å². The summed E-state index contributed by atoms with van der Waals surface area (Å²) in [7, 11) is 0. The average Bonchev–Trinajstić information content (AvgIpc) is 2.47. The van der Waals surface area contributed by atoms with Crippen LogP contribution in [0.15, 0.2) is 24.3 Å². The highest BCUT2D eigenvalue weighted by atomic mass is 127. The van der Waals surface area contributed by atoms with Crippen LogP contribution in [0.2, 0.25) is 0 Å². The Labute approximate surface area is 122 Å². The van der Waals surface area contributed by atoms with E-state index < -0.39 is 0 Å². The van der Waals surface area contributed by atoms with E-state index in [0.29, 0.717) is 0 Å². The molecule has 0 amide bonds. The molecule has 1 aliphatic heterocycles. The lowest BCUT2D eigenvalue weighted by Crippen LogP contribution is -2.33. The Balaban J connectivity index is 2.27. The van der Waals surface area contributed by atoms with E-state index in [1.54, 1.807) is 0 Å². The first-order valence-corrected chi connectivity index (χ1v) is 7.29. The maximum atomic E-state index is 12.6. The molecule has 0 N–H and O–H groups in total. The molecule has 98 valence electrons. The van der Waals surface area contributed by atoms with Gasteiger partial charge in [0.05, 0.1) is 17.1 Å². The van der Waals surface area contributed by atoms with Gasteiger partial charge < -0.3 is 4.74 Å². The largest absolute Gasteiger partial charge is 0.369 e. The van der Waals surface area contributed by atoms with Crippen molar-refractivity contribution in [1.29, 1.82) is 0 Å². The molecular formula is C15H19IO2. The van der Waals surface area contributed by atoms with Gasteiger partial charge in [-0.25, -0.2) is 0 Å². The summed E-state index contributed by atoms with van der Waals surface area (Å²) in [5.74, 6) is 0.134. The summed E-state index contributed by atoms with van der Waals surface area (Å²) < 4.78 is 7.14. The molecule has 0 bridgehead atoms. The minimum absolute atomic E-state index is 0.0624. The minimum atomic E-state index is -0.385.